The molecule has 0 radical (unpaired) electrons. The molecule has 0 aliphatic rings. The van der Waals surface area contributed by atoms with Crippen molar-refractivity contribution < 1.29 is 4.74 Å². The largest absolute Gasteiger partial charge is 0.490 e. The Balaban J connectivity index is 1.91. The number of nitrogens with zero attached hydrogens (tertiary/aromatic N) is 3. The quantitative estimate of drug-likeness (QED) is 0.921. The molecule has 2 N–H and O–H groups in total. The Hall–Kier alpha value is -1.30. The van der Waals surface area contributed by atoms with Crippen LogP contribution in [0.4, 0.5) is 0 Å². The van der Waals surface area contributed by atoms with Gasteiger partial charge in [0, 0.05) is 5.02 Å². The minimum atomic E-state index is -0.501. The summed E-state index contributed by atoms with van der Waals surface area (Å²) in [4.78, 5) is 0. The summed E-state index contributed by atoms with van der Waals surface area (Å²) >= 11 is 11.8. The van der Waals surface area contributed by atoms with Crippen LogP contribution in [0.25, 0.3) is 0 Å². The lowest BCUT2D eigenvalue weighted by Crippen LogP contribution is -2.29. The van der Waals surface area contributed by atoms with Crippen molar-refractivity contribution in [1.82, 2.24) is 15.0 Å². The van der Waals surface area contributed by atoms with Crippen LogP contribution in [0.15, 0.2) is 24.4 Å². The zero-order chi connectivity index (χ0) is 14.8. The van der Waals surface area contributed by atoms with E-state index in [4.69, 9.17) is 33.7 Å². The highest BCUT2D eigenvalue weighted by atomic mass is 35.5. The first-order valence-corrected chi connectivity index (χ1v) is 6.89. The topological polar surface area (TPSA) is 66.0 Å². The highest BCUT2D eigenvalue weighted by Gasteiger charge is 2.18. The van der Waals surface area contributed by atoms with E-state index in [0.29, 0.717) is 28.9 Å². The van der Waals surface area contributed by atoms with Gasteiger partial charge in [-0.15, -0.1) is 5.10 Å². The highest BCUT2D eigenvalue weighted by Crippen LogP contribution is 2.27. The summed E-state index contributed by atoms with van der Waals surface area (Å²) in [5.41, 5.74) is 6.18. The monoisotopic (exact) mass is 314 g/mol. The number of aromatic nitrogens is 3. The fraction of sp³-hybridized carbons (Fsp3) is 0.385. The SMILES string of the molecule is CC(C)(N)c1cn(CCOc2ccc(Cl)cc2Cl)nn1. The molecule has 0 unspecified atom stereocenters. The summed E-state index contributed by atoms with van der Waals surface area (Å²) in [6.07, 6.45) is 1.81. The molecular formula is C13H16Cl2N4O. The van der Waals surface area contributed by atoms with E-state index < -0.39 is 5.54 Å². The van der Waals surface area contributed by atoms with Gasteiger partial charge in [-0.1, -0.05) is 28.4 Å². The molecular weight excluding hydrogens is 299 g/mol. The number of hydrogen-bond acceptors (Lipinski definition) is 4. The van der Waals surface area contributed by atoms with Gasteiger partial charge in [-0.3, -0.25) is 0 Å². The molecule has 0 bridgehead atoms. The molecule has 0 aliphatic carbocycles. The summed E-state index contributed by atoms with van der Waals surface area (Å²) in [5.74, 6) is 0.593. The predicted molar refractivity (Wildman–Crippen MR) is 79.2 cm³/mol. The number of benzene rings is 1. The number of ether oxygens (including phenoxy) is 1. The average Bonchev–Trinajstić information content (AvgIpc) is 2.80. The molecule has 1 aromatic heterocycles. The van der Waals surface area contributed by atoms with E-state index in [1.165, 1.54) is 0 Å². The molecule has 0 fully saturated rings. The molecule has 0 saturated heterocycles. The third-order valence-electron chi connectivity index (χ3n) is 2.67. The smallest absolute Gasteiger partial charge is 0.138 e. The van der Waals surface area contributed by atoms with Gasteiger partial charge in [-0.25, -0.2) is 4.68 Å². The first kappa shape index (κ1) is 15.1. The van der Waals surface area contributed by atoms with Crippen LogP contribution in [0.2, 0.25) is 10.0 Å². The fourth-order valence-electron chi connectivity index (χ4n) is 1.54. The van der Waals surface area contributed by atoms with E-state index in [2.05, 4.69) is 10.3 Å². The van der Waals surface area contributed by atoms with Crippen LogP contribution in [0, 0.1) is 0 Å². The van der Waals surface area contributed by atoms with Crippen molar-refractivity contribution in [2.75, 3.05) is 6.61 Å². The molecule has 108 valence electrons. The van der Waals surface area contributed by atoms with Gasteiger partial charge in [-0.2, -0.15) is 0 Å². The van der Waals surface area contributed by atoms with Crippen LogP contribution in [0.3, 0.4) is 0 Å². The van der Waals surface area contributed by atoms with Crippen LogP contribution in [0.1, 0.15) is 19.5 Å². The van der Waals surface area contributed by atoms with Gasteiger partial charge in [0.25, 0.3) is 0 Å². The molecule has 0 spiro atoms. The normalized spacial score (nSPS) is 11.7. The molecule has 0 saturated carbocycles. The number of hydrogen-bond donors (Lipinski definition) is 1. The molecule has 1 heterocycles. The molecule has 7 heteroatoms. The lowest BCUT2D eigenvalue weighted by atomic mass is 10.0. The van der Waals surface area contributed by atoms with Crippen LogP contribution < -0.4 is 10.5 Å². The van der Waals surface area contributed by atoms with E-state index in [0.717, 1.165) is 5.69 Å². The van der Waals surface area contributed by atoms with Crippen LogP contribution in [-0.4, -0.2) is 21.6 Å². The molecule has 2 rings (SSSR count). The maximum Gasteiger partial charge on any atom is 0.138 e. The molecule has 0 aliphatic heterocycles. The number of rotatable bonds is 5. The Bertz CT molecular complexity index is 592. The Morgan fingerprint density at radius 1 is 1.35 bits per heavy atom. The molecule has 5 nitrogen and oxygen atoms in total. The first-order chi connectivity index (χ1) is 9.36. The molecule has 20 heavy (non-hydrogen) atoms. The Morgan fingerprint density at radius 2 is 2.10 bits per heavy atom. The number of nitrogens with two attached hydrogens (primary N) is 1. The Morgan fingerprint density at radius 3 is 2.70 bits per heavy atom. The minimum Gasteiger partial charge on any atom is -0.490 e. The van der Waals surface area contributed by atoms with Gasteiger partial charge < -0.3 is 10.5 Å². The van der Waals surface area contributed by atoms with Gasteiger partial charge in [0.05, 0.1) is 23.3 Å². The second-order valence-corrected chi connectivity index (χ2v) is 5.86. The zero-order valence-corrected chi connectivity index (χ0v) is 12.8. The molecule has 2 aromatic rings. The van der Waals surface area contributed by atoms with Crippen molar-refractivity contribution in [2.45, 2.75) is 25.9 Å². The van der Waals surface area contributed by atoms with Gasteiger partial charge in [0.2, 0.25) is 0 Å². The van der Waals surface area contributed by atoms with Gasteiger partial charge in [-0.05, 0) is 32.0 Å². The second-order valence-electron chi connectivity index (χ2n) is 5.01. The Labute approximate surface area is 127 Å². The second kappa shape index (κ2) is 5.99. The first-order valence-electron chi connectivity index (χ1n) is 6.13. The zero-order valence-electron chi connectivity index (χ0n) is 11.3. The summed E-state index contributed by atoms with van der Waals surface area (Å²) in [5, 5.41) is 9.10. The maximum absolute atomic E-state index is 6.01. The lowest BCUT2D eigenvalue weighted by Gasteiger charge is -2.13. The Kier molecular flexibility index (Phi) is 4.52. The van der Waals surface area contributed by atoms with Crippen LogP contribution in [0.5, 0.6) is 5.75 Å². The van der Waals surface area contributed by atoms with Gasteiger partial charge in [0.15, 0.2) is 0 Å². The van der Waals surface area contributed by atoms with E-state index in [9.17, 15) is 0 Å². The van der Waals surface area contributed by atoms with E-state index in [1.807, 2.05) is 20.0 Å². The lowest BCUT2D eigenvalue weighted by molar-refractivity contribution is 0.290. The summed E-state index contributed by atoms with van der Waals surface area (Å²) in [7, 11) is 0. The third kappa shape index (κ3) is 3.85. The van der Waals surface area contributed by atoms with Crippen molar-refractivity contribution in [1.29, 1.82) is 0 Å². The van der Waals surface area contributed by atoms with Crippen molar-refractivity contribution in [3.63, 3.8) is 0 Å². The van der Waals surface area contributed by atoms with Gasteiger partial charge >= 0.3 is 0 Å². The molecule has 0 amide bonds. The van der Waals surface area contributed by atoms with Crippen LogP contribution in [-0.2, 0) is 12.1 Å². The maximum atomic E-state index is 6.01. The van der Waals surface area contributed by atoms with Crippen molar-refractivity contribution >= 4 is 23.2 Å². The average molecular weight is 315 g/mol. The van der Waals surface area contributed by atoms with E-state index in [1.54, 1.807) is 22.9 Å². The molecule has 1 aromatic carbocycles. The van der Waals surface area contributed by atoms with Crippen molar-refractivity contribution in [3.05, 3.63) is 40.1 Å². The fourth-order valence-corrected chi connectivity index (χ4v) is 2.01. The van der Waals surface area contributed by atoms with Gasteiger partial charge in [0.1, 0.15) is 18.1 Å². The van der Waals surface area contributed by atoms with E-state index >= 15 is 0 Å². The highest BCUT2D eigenvalue weighted by molar-refractivity contribution is 6.35. The minimum absolute atomic E-state index is 0.426. The summed E-state index contributed by atoms with van der Waals surface area (Å²) in [6.45, 7) is 4.74. The summed E-state index contributed by atoms with van der Waals surface area (Å²) < 4.78 is 7.27. The predicted octanol–water partition coefficient (Wildman–Crippen LogP) is 2.86. The van der Waals surface area contributed by atoms with E-state index in [-0.39, 0.29) is 0 Å². The summed E-state index contributed by atoms with van der Waals surface area (Å²) in [6, 6.07) is 5.11. The third-order valence-corrected chi connectivity index (χ3v) is 3.20. The van der Waals surface area contributed by atoms with Crippen LogP contribution >= 0.6 is 23.2 Å². The standard InChI is InChI=1S/C13H16Cl2N4O/c1-13(2,16)12-8-19(18-17-12)5-6-20-11-4-3-9(14)7-10(11)15/h3-4,7-8H,5-6,16H2,1-2H3. The number of halogens is 2. The molecule has 0 atom stereocenters. The van der Waals surface area contributed by atoms with Crippen molar-refractivity contribution in [2.24, 2.45) is 5.73 Å². The van der Waals surface area contributed by atoms with Crippen molar-refractivity contribution in [3.8, 4) is 5.75 Å².